The monoisotopic (exact) mass is 390 g/mol. The molecule has 0 spiro atoms. The molecule has 4 nitrogen and oxygen atoms in total. The fraction of sp³-hybridized carbons (Fsp3) is 0.333. The Hall–Kier alpha value is -2.83. The third-order valence-electron chi connectivity index (χ3n) is 4.84. The number of hydrogen-bond acceptors (Lipinski definition) is 2. The zero-order chi connectivity index (χ0) is 20.5. The van der Waals surface area contributed by atoms with Gasteiger partial charge in [0.1, 0.15) is 0 Å². The predicted octanol–water partition coefficient (Wildman–Crippen LogP) is 4.82. The molecule has 0 saturated carbocycles. The van der Waals surface area contributed by atoms with Gasteiger partial charge in [-0.1, -0.05) is 44.2 Å². The number of halogens is 3. The molecule has 0 radical (unpaired) electrons. The SMILES string of the molecule is CC(C)c1ccccc1NC(=O)C1CC(=O)N(c2ccccc2C(F)(F)F)C1. The molecule has 0 bridgehead atoms. The molecule has 1 aliphatic rings. The van der Waals surface area contributed by atoms with Crippen LogP contribution >= 0.6 is 0 Å². The summed E-state index contributed by atoms with van der Waals surface area (Å²) in [5.41, 5.74) is 0.524. The van der Waals surface area contributed by atoms with Crippen molar-refractivity contribution in [2.24, 2.45) is 5.92 Å². The number of nitrogens with zero attached hydrogens (tertiary/aromatic N) is 1. The number of carbonyl (C=O) groups excluding carboxylic acids is 2. The Morgan fingerprint density at radius 3 is 2.43 bits per heavy atom. The fourth-order valence-corrected chi connectivity index (χ4v) is 3.41. The summed E-state index contributed by atoms with van der Waals surface area (Å²) < 4.78 is 39.8. The first-order valence-electron chi connectivity index (χ1n) is 9.05. The summed E-state index contributed by atoms with van der Waals surface area (Å²) in [6, 6.07) is 12.3. The molecule has 1 heterocycles. The molecule has 2 aromatic carbocycles. The van der Waals surface area contributed by atoms with Gasteiger partial charge in [0.2, 0.25) is 11.8 Å². The van der Waals surface area contributed by atoms with Crippen LogP contribution in [0.3, 0.4) is 0 Å². The Labute approximate surface area is 161 Å². The Morgan fingerprint density at radius 1 is 1.11 bits per heavy atom. The summed E-state index contributed by atoms with van der Waals surface area (Å²) in [5.74, 6) is -1.38. The number of hydrogen-bond donors (Lipinski definition) is 1. The van der Waals surface area contributed by atoms with Gasteiger partial charge in [-0.3, -0.25) is 9.59 Å². The second kappa shape index (κ2) is 7.66. The van der Waals surface area contributed by atoms with Crippen LogP contribution in [0.2, 0.25) is 0 Å². The van der Waals surface area contributed by atoms with Crippen molar-refractivity contribution in [2.45, 2.75) is 32.4 Å². The second-order valence-corrected chi connectivity index (χ2v) is 7.15. The van der Waals surface area contributed by atoms with Gasteiger partial charge in [-0.2, -0.15) is 13.2 Å². The van der Waals surface area contributed by atoms with Gasteiger partial charge in [0, 0.05) is 18.7 Å². The Kier molecular flexibility index (Phi) is 5.45. The van der Waals surface area contributed by atoms with Gasteiger partial charge in [-0.15, -0.1) is 0 Å². The summed E-state index contributed by atoms with van der Waals surface area (Å²) in [7, 11) is 0. The predicted molar refractivity (Wildman–Crippen MR) is 101 cm³/mol. The summed E-state index contributed by atoms with van der Waals surface area (Å²) in [6.07, 6.45) is -4.70. The molecule has 2 aromatic rings. The van der Waals surface area contributed by atoms with Gasteiger partial charge in [0.25, 0.3) is 0 Å². The first kappa shape index (κ1) is 19.9. The zero-order valence-electron chi connectivity index (χ0n) is 15.6. The molecule has 1 atom stereocenters. The molecule has 7 heteroatoms. The van der Waals surface area contributed by atoms with E-state index in [-0.39, 0.29) is 30.5 Å². The van der Waals surface area contributed by atoms with Crippen LogP contribution in [0.4, 0.5) is 24.5 Å². The first-order chi connectivity index (χ1) is 13.2. The number of alkyl halides is 3. The molecular weight excluding hydrogens is 369 g/mol. The maximum absolute atomic E-state index is 13.3. The topological polar surface area (TPSA) is 49.4 Å². The molecular formula is C21H21F3N2O2. The standard InChI is InChI=1S/C21H21F3N2O2/c1-13(2)15-7-3-5-9-17(15)25-20(28)14-11-19(27)26(12-14)18-10-6-4-8-16(18)21(22,23)24/h3-10,13-14H,11-12H2,1-2H3,(H,25,28). The molecule has 1 aliphatic heterocycles. The minimum absolute atomic E-state index is 0.0817. The smallest absolute Gasteiger partial charge is 0.326 e. The number of amides is 2. The van der Waals surface area contributed by atoms with Crippen LogP contribution in [0.15, 0.2) is 48.5 Å². The molecule has 0 aromatic heterocycles. The van der Waals surface area contributed by atoms with Crippen molar-refractivity contribution >= 4 is 23.2 Å². The largest absolute Gasteiger partial charge is 0.418 e. The van der Waals surface area contributed by atoms with Gasteiger partial charge < -0.3 is 10.2 Å². The highest BCUT2D eigenvalue weighted by atomic mass is 19.4. The maximum Gasteiger partial charge on any atom is 0.418 e. The number of para-hydroxylation sites is 2. The van der Waals surface area contributed by atoms with Crippen molar-refractivity contribution in [1.82, 2.24) is 0 Å². The average Bonchev–Trinajstić information content (AvgIpc) is 3.03. The fourth-order valence-electron chi connectivity index (χ4n) is 3.41. The van der Waals surface area contributed by atoms with Crippen LogP contribution in [-0.2, 0) is 15.8 Å². The quantitative estimate of drug-likeness (QED) is 0.814. The highest BCUT2D eigenvalue weighted by Crippen LogP contribution is 2.38. The minimum atomic E-state index is -4.58. The summed E-state index contributed by atoms with van der Waals surface area (Å²) in [5, 5.41) is 2.83. The number of nitrogens with one attached hydrogen (secondary N) is 1. The maximum atomic E-state index is 13.3. The van der Waals surface area contributed by atoms with Crippen LogP contribution in [0.5, 0.6) is 0 Å². The number of carbonyl (C=O) groups is 2. The van der Waals surface area contributed by atoms with Crippen molar-refractivity contribution in [3.8, 4) is 0 Å². The van der Waals surface area contributed by atoms with Crippen LogP contribution < -0.4 is 10.2 Å². The first-order valence-corrected chi connectivity index (χ1v) is 9.05. The molecule has 3 rings (SSSR count). The Bertz CT molecular complexity index is 893. The van der Waals surface area contributed by atoms with E-state index >= 15 is 0 Å². The van der Waals surface area contributed by atoms with Crippen LogP contribution in [0.1, 0.15) is 37.3 Å². The van der Waals surface area contributed by atoms with E-state index in [2.05, 4.69) is 5.32 Å². The van der Waals surface area contributed by atoms with E-state index < -0.39 is 23.6 Å². The van der Waals surface area contributed by atoms with E-state index in [1.165, 1.54) is 18.2 Å². The van der Waals surface area contributed by atoms with Crippen LogP contribution in [0.25, 0.3) is 0 Å². The highest BCUT2D eigenvalue weighted by Gasteiger charge is 2.40. The van der Waals surface area contributed by atoms with E-state index in [1.807, 2.05) is 26.0 Å². The summed E-state index contributed by atoms with van der Waals surface area (Å²) in [6.45, 7) is 3.92. The van der Waals surface area contributed by atoms with Crippen molar-refractivity contribution < 1.29 is 22.8 Å². The van der Waals surface area contributed by atoms with E-state index in [1.54, 1.807) is 12.1 Å². The number of anilines is 2. The third-order valence-corrected chi connectivity index (χ3v) is 4.84. The van der Waals surface area contributed by atoms with Crippen LogP contribution in [-0.4, -0.2) is 18.4 Å². The van der Waals surface area contributed by atoms with E-state index in [4.69, 9.17) is 0 Å². The van der Waals surface area contributed by atoms with Gasteiger partial charge in [0.15, 0.2) is 0 Å². The van der Waals surface area contributed by atoms with Crippen molar-refractivity contribution in [2.75, 3.05) is 16.8 Å². The van der Waals surface area contributed by atoms with Crippen molar-refractivity contribution in [3.05, 3.63) is 59.7 Å². The summed E-state index contributed by atoms with van der Waals surface area (Å²) >= 11 is 0. The van der Waals surface area contributed by atoms with E-state index in [0.717, 1.165) is 16.5 Å². The van der Waals surface area contributed by atoms with Gasteiger partial charge in [-0.25, -0.2) is 0 Å². The molecule has 0 aliphatic carbocycles. The lowest BCUT2D eigenvalue weighted by molar-refractivity contribution is -0.137. The van der Waals surface area contributed by atoms with E-state index in [9.17, 15) is 22.8 Å². The molecule has 1 unspecified atom stereocenters. The molecule has 2 amide bonds. The van der Waals surface area contributed by atoms with Crippen LogP contribution in [0, 0.1) is 5.92 Å². The molecule has 1 N–H and O–H groups in total. The van der Waals surface area contributed by atoms with Gasteiger partial charge in [0.05, 0.1) is 17.2 Å². The van der Waals surface area contributed by atoms with Crippen molar-refractivity contribution in [1.29, 1.82) is 0 Å². The van der Waals surface area contributed by atoms with E-state index in [0.29, 0.717) is 5.69 Å². The molecule has 1 fully saturated rings. The Balaban J connectivity index is 1.80. The number of rotatable bonds is 4. The molecule has 1 saturated heterocycles. The lowest BCUT2D eigenvalue weighted by Gasteiger charge is -2.21. The highest BCUT2D eigenvalue weighted by molar-refractivity contribution is 6.04. The second-order valence-electron chi connectivity index (χ2n) is 7.15. The lowest BCUT2D eigenvalue weighted by Crippen LogP contribution is -2.30. The van der Waals surface area contributed by atoms with Gasteiger partial charge in [-0.05, 0) is 29.7 Å². The average molecular weight is 390 g/mol. The summed E-state index contributed by atoms with van der Waals surface area (Å²) in [4.78, 5) is 26.1. The molecule has 148 valence electrons. The number of benzene rings is 2. The third kappa shape index (κ3) is 4.03. The van der Waals surface area contributed by atoms with Crippen molar-refractivity contribution in [3.63, 3.8) is 0 Å². The normalized spacial score (nSPS) is 17.3. The van der Waals surface area contributed by atoms with Gasteiger partial charge >= 0.3 is 6.18 Å². The zero-order valence-corrected chi connectivity index (χ0v) is 15.6. The lowest BCUT2D eigenvalue weighted by atomic mass is 10.0. The minimum Gasteiger partial charge on any atom is -0.326 e. The molecule has 28 heavy (non-hydrogen) atoms. The Morgan fingerprint density at radius 2 is 1.75 bits per heavy atom.